The molecule has 3 rings (SSSR count). The summed E-state index contributed by atoms with van der Waals surface area (Å²) in [6.07, 6.45) is 6.22. The third-order valence-corrected chi connectivity index (χ3v) is 3.43. The van der Waals surface area contributed by atoms with E-state index in [-0.39, 0.29) is 5.82 Å². The standard InChI is InChI=1S/C15H16FNO.C3H8/c1-2-14-11-5-6-13(16)15(12(11)7-8-17-14)18-9-10-3-4-10;1-3-2/h5-8,10H,2-4,9H2,1H3;3H2,1-2H3. The van der Waals surface area contributed by atoms with Gasteiger partial charge in [-0.2, -0.15) is 0 Å². The number of halogens is 1. The van der Waals surface area contributed by atoms with E-state index >= 15 is 0 Å². The first-order valence-electron chi connectivity index (χ1n) is 7.90. The third kappa shape index (κ3) is 3.93. The Bertz CT molecular complexity index is 593. The van der Waals surface area contributed by atoms with Crippen molar-refractivity contribution in [2.45, 2.75) is 46.5 Å². The van der Waals surface area contributed by atoms with Gasteiger partial charge in [-0.25, -0.2) is 4.39 Å². The van der Waals surface area contributed by atoms with Crippen LogP contribution in [0.5, 0.6) is 5.75 Å². The summed E-state index contributed by atoms with van der Waals surface area (Å²) in [5.74, 6) is 0.722. The van der Waals surface area contributed by atoms with Crippen molar-refractivity contribution in [3.8, 4) is 5.75 Å². The predicted molar refractivity (Wildman–Crippen MR) is 85.3 cm³/mol. The number of pyridine rings is 1. The number of ether oxygens (including phenoxy) is 1. The second-order valence-electron chi connectivity index (χ2n) is 5.54. The summed E-state index contributed by atoms with van der Waals surface area (Å²) in [6.45, 7) is 6.93. The molecule has 1 aromatic carbocycles. The van der Waals surface area contributed by atoms with Crippen LogP contribution in [0, 0.1) is 11.7 Å². The van der Waals surface area contributed by atoms with Crippen LogP contribution in [0.4, 0.5) is 4.39 Å². The maximum atomic E-state index is 13.9. The molecule has 1 heterocycles. The molecule has 0 saturated heterocycles. The van der Waals surface area contributed by atoms with E-state index in [2.05, 4.69) is 25.8 Å². The van der Waals surface area contributed by atoms with Gasteiger partial charge < -0.3 is 4.74 Å². The van der Waals surface area contributed by atoms with Gasteiger partial charge >= 0.3 is 0 Å². The minimum absolute atomic E-state index is 0.281. The maximum absolute atomic E-state index is 13.9. The molecule has 3 heteroatoms. The van der Waals surface area contributed by atoms with Crippen LogP contribution >= 0.6 is 0 Å². The van der Waals surface area contributed by atoms with E-state index in [0.29, 0.717) is 18.3 Å². The van der Waals surface area contributed by atoms with E-state index in [1.807, 2.05) is 6.07 Å². The highest BCUT2D eigenvalue weighted by atomic mass is 19.1. The van der Waals surface area contributed by atoms with Crippen LogP contribution in [0.3, 0.4) is 0 Å². The molecule has 0 N–H and O–H groups in total. The third-order valence-electron chi connectivity index (χ3n) is 3.43. The van der Waals surface area contributed by atoms with Crippen molar-refractivity contribution in [3.63, 3.8) is 0 Å². The van der Waals surface area contributed by atoms with Crippen molar-refractivity contribution in [2.24, 2.45) is 5.92 Å². The van der Waals surface area contributed by atoms with E-state index in [0.717, 1.165) is 22.9 Å². The zero-order chi connectivity index (χ0) is 15.2. The molecule has 0 atom stereocenters. The van der Waals surface area contributed by atoms with Gasteiger partial charge in [-0.1, -0.05) is 27.2 Å². The molecule has 0 spiro atoms. The summed E-state index contributed by atoms with van der Waals surface area (Å²) in [4.78, 5) is 4.33. The van der Waals surface area contributed by atoms with Gasteiger partial charge in [-0.3, -0.25) is 4.98 Å². The maximum Gasteiger partial charge on any atom is 0.165 e. The SMILES string of the molecule is CCC.CCc1nccc2c(OCC3CC3)c(F)ccc12. The fraction of sp³-hybridized carbons (Fsp3) is 0.500. The van der Waals surface area contributed by atoms with Gasteiger partial charge in [0.25, 0.3) is 0 Å². The number of fused-ring (bicyclic) bond motifs is 1. The van der Waals surface area contributed by atoms with Crippen LogP contribution in [0.2, 0.25) is 0 Å². The minimum Gasteiger partial charge on any atom is -0.490 e. The number of hydrogen-bond donors (Lipinski definition) is 0. The highest BCUT2D eigenvalue weighted by Crippen LogP contribution is 2.34. The first-order valence-corrected chi connectivity index (χ1v) is 7.90. The molecule has 0 amide bonds. The summed E-state index contributed by atoms with van der Waals surface area (Å²) in [5, 5.41) is 1.83. The molecule has 0 radical (unpaired) electrons. The van der Waals surface area contributed by atoms with Crippen LogP contribution in [0.1, 0.15) is 45.7 Å². The summed E-state index contributed by atoms with van der Waals surface area (Å²) in [7, 11) is 0. The number of aryl methyl sites for hydroxylation is 1. The quantitative estimate of drug-likeness (QED) is 0.777. The number of rotatable bonds is 4. The minimum atomic E-state index is -0.281. The highest BCUT2D eigenvalue weighted by Gasteiger charge is 2.23. The fourth-order valence-electron chi connectivity index (χ4n) is 2.18. The molecule has 1 fully saturated rings. The van der Waals surface area contributed by atoms with Crippen molar-refractivity contribution < 1.29 is 9.13 Å². The fourth-order valence-corrected chi connectivity index (χ4v) is 2.18. The zero-order valence-corrected chi connectivity index (χ0v) is 13.2. The Labute approximate surface area is 126 Å². The molecule has 1 aliphatic rings. The number of benzene rings is 1. The Morgan fingerprint density at radius 2 is 1.86 bits per heavy atom. The molecule has 1 aromatic heterocycles. The van der Waals surface area contributed by atoms with Crippen molar-refractivity contribution in [3.05, 3.63) is 35.9 Å². The monoisotopic (exact) mass is 289 g/mol. The van der Waals surface area contributed by atoms with Gasteiger partial charge in [-0.15, -0.1) is 0 Å². The summed E-state index contributed by atoms with van der Waals surface area (Å²) in [5.41, 5.74) is 0.990. The van der Waals surface area contributed by atoms with Crippen LogP contribution in [-0.4, -0.2) is 11.6 Å². The lowest BCUT2D eigenvalue weighted by Crippen LogP contribution is -2.02. The van der Waals surface area contributed by atoms with E-state index in [1.54, 1.807) is 12.3 Å². The molecule has 1 saturated carbocycles. The average Bonchev–Trinajstić information content (AvgIpc) is 3.30. The first kappa shape index (κ1) is 15.7. The van der Waals surface area contributed by atoms with Crippen LogP contribution in [0.15, 0.2) is 24.4 Å². The second kappa shape index (κ2) is 7.39. The van der Waals surface area contributed by atoms with E-state index in [9.17, 15) is 4.39 Å². The Kier molecular flexibility index (Phi) is 5.54. The molecule has 0 aliphatic heterocycles. The van der Waals surface area contributed by atoms with Gasteiger partial charge in [0, 0.05) is 22.7 Å². The van der Waals surface area contributed by atoms with E-state index in [1.165, 1.54) is 25.3 Å². The van der Waals surface area contributed by atoms with Gasteiger partial charge in [0.2, 0.25) is 0 Å². The molecule has 0 unspecified atom stereocenters. The van der Waals surface area contributed by atoms with Crippen LogP contribution in [0.25, 0.3) is 10.8 Å². The lowest BCUT2D eigenvalue weighted by Gasteiger charge is -2.11. The molecule has 114 valence electrons. The molecule has 1 aliphatic carbocycles. The normalized spacial score (nSPS) is 13.7. The van der Waals surface area contributed by atoms with Crippen molar-refractivity contribution in [2.75, 3.05) is 6.61 Å². The lowest BCUT2D eigenvalue weighted by molar-refractivity contribution is 0.289. The second-order valence-corrected chi connectivity index (χ2v) is 5.54. The Hall–Kier alpha value is -1.64. The topological polar surface area (TPSA) is 22.1 Å². The molecular weight excluding hydrogens is 265 g/mol. The van der Waals surface area contributed by atoms with Crippen LogP contribution < -0.4 is 4.74 Å². The van der Waals surface area contributed by atoms with Gasteiger partial charge in [0.1, 0.15) is 0 Å². The summed E-state index contributed by atoms with van der Waals surface area (Å²) >= 11 is 0. The molecule has 0 bridgehead atoms. The van der Waals surface area contributed by atoms with Gasteiger partial charge in [0.05, 0.1) is 6.61 Å². The number of hydrogen-bond acceptors (Lipinski definition) is 2. The lowest BCUT2D eigenvalue weighted by atomic mass is 10.1. The summed E-state index contributed by atoms with van der Waals surface area (Å²) < 4.78 is 19.6. The van der Waals surface area contributed by atoms with Crippen LogP contribution in [-0.2, 0) is 6.42 Å². The van der Waals surface area contributed by atoms with Gasteiger partial charge in [-0.05, 0) is 43.4 Å². The zero-order valence-electron chi connectivity index (χ0n) is 13.2. The smallest absolute Gasteiger partial charge is 0.165 e. The van der Waals surface area contributed by atoms with Crippen molar-refractivity contribution >= 4 is 10.8 Å². The number of nitrogens with zero attached hydrogens (tertiary/aromatic N) is 1. The highest BCUT2D eigenvalue weighted by molar-refractivity contribution is 5.90. The molecule has 2 nitrogen and oxygen atoms in total. The molecule has 21 heavy (non-hydrogen) atoms. The Morgan fingerprint density at radius 1 is 1.14 bits per heavy atom. The van der Waals surface area contributed by atoms with E-state index < -0.39 is 0 Å². The van der Waals surface area contributed by atoms with E-state index in [4.69, 9.17) is 4.74 Å². The van der Waals surface area contributed by atoms with Gasteiger partial charge in [0.15, 0.2) is 11.6 Å². The Balaban J connectivity index is 0.000000497. The molecular formula is C18H24FNO. The molecule has 2 aromatic rings. The summed E-state index contributed by atoms with van der Waals surface area (Å²) in [6, 6.07) is 5.10. The average molecular weight is 289 g/mol. The largest absolute Gasteiger partial charge is 0.490 e. The first-order chi connectivity index (χ1) is 10.2. The van der Waals surface area contributed by atoms with Crippen molar-refractivity contribution in [1.29, 1.82) is 0 Å². The predicted octanol–water partition coefficient (Wildman–Crippen LogP) is 5.14. The number of aromatic nitrogens is 1. The Morgan fingerprint density at radius 3 is 2.48 bits per heavy atom. The van der Waals surface area contributed by atoms with Crippen molar-refractivity contribution in [1.82, 2.24) is 4.98 Å².